The van der Waals surface area contributed by atoms with Crippen LogP contribution in [0.2, 0.25) is 5.02 Å². The van der Waals surface area contributed by atoms with Crippen LogP contribution in [0.15, 0.2) is 42.7 Å². The Morgan fingerprint density at radius 3 is 2.44 bits per heavy atom. The highest BCUT2D eigenvalue weighted by molar-refractivity contribution is 6.31. The van der Waals surface area contributed by atoms with Crippen molar-refractivity contribution in [1.82, 2.24) is 10.3 Å². The number of nitrogens with one attached hydrogen (secondary N) is 2. The van der Waals surface area contributed by atoms with E-state index < -0.39 is 6.04 Å². The van der Waals surface area contributed by atoms with Crippen molar-refractivity contribution in [3.8, 4) is 0 Å². The Bertz CT molecular complexity index is 1170. The summed E-state index contributed by atoms with van der Waals surface area (Å²) >= 11 is 6.31. The summed E-state index contributed by atoms with van der Waals surface area (Å²) in [5.41, 5.74) is 7.68. The fourth-order valence-electron chi connectivity index (χ4n) is 7.79. The number of hydrogen-bond acceptors (Lipinski definition) is 4. The molecule has 3 atom stereocenters. The minimum atomic E-state index is -0.597. The predicted octanol–water partition coefficient (Wildman–Crippen LogP) is 4.43. The van der Waals surface area contributed by atoms with Crippen LogP contribution >= 0.6 is 11.6 Å². The van der Waals surface area contributed by atoms with Gasteiger partial charge in [-0.15, -0.1) is 0 Å². The number of aromatic nitrogens is 1. The second-order valence-corrected chi connectivity index (χ2v) is 12.1. The average Bonchev–Trinajstić information content (AvgIpc) is 3.63. The van der Waals surface area contributed by atoms with Gasteiger partial charge in [0.1, 0.15) is 5.82 Å². The van der Waals surface area contributed by atoms with Gasteiger partial charge < -0.3 is 16.4 Å². The lowest BCUT2D eigenvalue weighted by atomic mass is 9.45. The summed E-state index contributed by atoms with van der Waals surface area (Å²) in [6.45, 7) is 0.452. The summed E-state index contributed by atoms with van der Waals surface area (Å²) in [6.07, 6.45) is 9.75. The Hall–Kier alpha value is -2.51. The van der Waals surface area contributed by atoms with Crippen molar-refractivity contribution >= 4 is 29.1 Å². The van der Waals surface area contributed by atoms with Crippen LogP contribution in [0.1, 0.15) is 50.5 Å². The van der Waals surface area contributed by atoms with E-state index in [1.807, 2.05) is 12.1 Å². The van der Waals surface area contributed by atoms with Gasteiger partial charge in [0.2, 0.25) is 11.8 Å². The molecule has 8 heteroatoms. The predicted molar refractivity (Wildman–Crippen MR) is 136 cm³/mol. The van der Waals surface area contributed by atoms with Gasteiger partial charge in [-0.05, 0) is 98.4 Å². The first kappa shape index (κ1) is 23.9. The molecular weight excluding hydrogens is 479 g/mol. The van der Waals surface area contributed by atoms with Crippen LogP contribution in [-0.4, -0.2) is 29.4 Å². The zero-order valence-electron chi connectivity index (χ0n) is 20.2. The number of amides is 2. The van der Waals surface area contributed by atoms with Gasteiger partial charge in [0.25, 0.3) is 0 Å². The fraction of sp³-hybridized carbons (Fsp3) is 0.536. The largest absolute Gasteiger partial charge is 0.354 e. The van der Waals surface area contributed by atoms with E-state index in [2.05, 4.69) is 15.6 Å². The maximum absolute atomic E-state index is 13.5. The van der Waals surface area contributed by atoms with E-state index in [0.29, 0.717) is 17.5 Å². The number of anilines is 1. The quantitative estimate of drug-likeness (QED) is 0.513. The van der Waals surface area contributed by atoms with Gasteiger partial charge in [-0.2, -0.15) is 0 Å². The molecule has 36 heavy (non-hydrogen) atoms. The van der Waals surface area contributed by atoms with Crippen molar-refractivity contribution in [1.29, 1.82) is 0 Å². The van der Waals surface area contributed by atoms with E-state index in [4.69, 9.17) is 17.3 Å². The van der Waals surface area contributed by atoms with Gasteiger partial charge in [0, 0.05) is 35.1 Å². The first-order chi connectivity index (χ1) is 17.3. The highest BCUT2D eigenvalue weighted by Gasteiger charge is 2.60. The summed E-state index contributed by atoms with van der Waals surface area (Å²) in [5, 5.41) is 6.61. The lowest BCUT2D eigenvalue weighted by Gasteiger charge is -2.60. The molecule has 2 amide bonds. The molecule has 3 unspecified atom stereocenters. The number of nitrogens with two attached hydrogens (primary N) is 1. The minimum Gasteiger partial charge on any atom is -0.354 e. The molecular formula is C28H32ClFN4O2. The maximum Gasteiger partial charge on any atom is 0.237 e. The molecule has 5 fully saturated rings. The van der Waals surface area contributed by atoms with Crippen LogP contribution in [-0.2, 0) is 15.0 Å². The van der Waals surface area contributed by atoms with Gasteiger partial charge in [-0.1, -0.05) is 17.7 Å². The van der Waals surface area contributed by atoms with Crippen LogP contribution in [0.4, 0.5) is 10.1 Å². The number of rotatable bonds is 7. The summed E-state index contributed by atoms with van der Waals surface area (Å²) in [6, 6.07) is 7.51. The Balaban J connectivity index is 1.12. The molecule has 7 rings (SSSR count). The second kappa shape index (κ2) is 8.80. The molecule has 4 N–H and O–H groups in total. The van der Waals surface area contributed by atoms with Crippen molar-refractivity contribution in [2.75, 3.05) is 11.9 Å². The van der Waals surface area contributed by atoms with E-state index >= 15 is 0 Å². The third-order valence-corrected chi connectivity index (χ3v) is 9.75. The van der Waals surface area contributed by atoms with E-state index in [9.17, 15) is 14.0 Å². The number of benzene rings is 1. The number of pyridine rings is 1. The smallest absolute Gasteiger partial charge is 0.237 e. The molecule has 4 bridgehead atoms. The Labute approximate surface area is 215 Å². The molecule has 5 aliphatic rings. The molecule has 190 valence electrons. The summed E-state index contributed by atoms with van der Waals surface area (Å²) in [7, 11) is 0. The van der Waals surface area contributed by atoms with Crippen molar-refractivity contribution < 1.29 is 14.0 Å². The lowest BCUT2D eigenvalue weighted by Crippen LogP contribution is -2.61. The van der Waals surface area contributed by atoms with Gasteiger partial charge in [-0.25, -0.2) is 4.39 Å². The van der Waals surface area contributed by atoms with Gasteiger partial charge >= 0.3 is 0 Å². The summed E-state index contributed by atoms with van der Waals surface area (Å²) < 4.78 is 13.5. The van der Waals surface area contributed by atoms with E-state index in [0.717, 1.165) is 56.2 Å². The maximum atomic E-state index is 13.5. The van der Waals surface area contributed by atoms with E-state index in [1.54, 1.807) is 18.5 Å². The molecule has 2 aromatic rings. The molecule has 6 nitrogen and oxygen atoms in total. The van der Waals surface area contributed by atoms with Crippen LogP contribution < -0.4 is 16.4 Å². The fourth-order valence-corrected chi connectivity index (χ4v) is 8.16. The highest BCUT2D eigenvalue weighted by Crippen LogP contribution is 2.63. The first-order valence-corrected chi connectivity index (χ1v) is 13.4. The number of carbonyl (C=O) groups excluding carboxylic acids is 2. The third-order valence-electron chi connectivity index (χ3n) is 9.44. The summed E-state index contributed by atoms with van der Waals surface area (Å²) in [5.74, 6) is 0.771. The highest BCUT2D eigenvalue weighted by atomic mass is 35.5. The zero-order chi connectivity index (χ0) is 25.1. The van der Waals surface area contributed by atoms with E-state index in [-0.39, 0.29) is 46.2 Å². The number of hydrogen-bond donors (Lipinski definition) is 3. The molecule has 1 aromatic carbocycles. The Morgan fingerprint density at radius 2 is 1.81 bits per heavy atom. The molecule has 0 saturated heterocycles. The SMILES string of the molecule is NC(C(=O)NCC1(c2ccc(F)cc2Cl)CC1)C1C2CC3CC1CC(C(=O)Nc1ccncc1)(C3)C2. The average molecular weight is 511 g/mol. The number of carbonyl (C=O) groups is 2. The lowest BCUT2D eigenvalue weighted by molar-refractivity contribution is -0.151. The van der Waals surface area contributed by atoms with E-state index in [1.165, 1.54) is 12.1 Å². The normalized spacial score (nSPS) is 32.1. The molecule has 5 aliphatic carbocycles. The first-order valence-electron chi connectivity index (χ1n) is 13.0. The minimum absolute atomic E-state index is 0.0907. The van der Waals surface area contributed by atoms with Gasteiger partial charge in [-0.3, -0.25) is 14.6 Å². The third kappa shape index (κ3) is 4.10. The van der Waals surface area contributed by atoms with Crippen LogP contribution in [0, 0.1) is 34.9 Å². The van der Waals surface area contributed by atoms with Crippen molar-refractivity contribution in [2.24, 2.45) is 34.8 Å². The Kier molecular flexibility index (Phi) is 5.84. The number of nitrogens with zero attached hydrogens (tertiary/aromatic N) is 1. The topological polar surface area (TPSA) is 97.1 Å². The molecule has 0 aliphatic heterocycles. The zero-order valence-corrected chi connectivity index (χ0v) is 20.9. The standard InChI is InChI=1S/C28H32ClFN4O2/c29-22-11-19(30)1-2-21(22)27(5-6-27)15-33-25(35)24(31)23-17-9-16-10-18(23)14-28(12-16,13-17)26(36)34-20-3-7-32-8-4-20/h1-4,7-8,11,16-18,23-24H,5-6,9-10,12-15,31H2,(H,33,35)(H,32,34,36). The van der Waals surface area contributed by atoms with Gasteiger partial charge in [0.15, 0.2) is 0 Å². The van der Waals surface area contributed by atoms with Crippen molar-refractivity contribution in [2.45, 2.75) is 56.4 Å². The van der Waals surface area contributed by atoms with Crippen molar-refractivity contribution in [3.63, 3.8) is 0 Å². The Morgan fingerprint density at radius 1 is 1.11 bits per heavy atom. The molecule has 0 spiro atoms. The van der Waals surface area contributed by atoms with Crippen LogP contribution in [0.5, 0.6) is 0 Å². The number of halogens is 2. The monoisotopic (exact) mass is 510 g/mol. The molecule has 0 radical (unpaired) electrons. The van der Waals surface area contributed by atoms with Crippen molar-refractivity contribution in [3.05, 3.63) is 59.1 Å². The van der Waals surface area contributed by atoms with Crippen LogP contribution in [0.3, 0.4) is 0 Å². The van der Waals surface area contributed by atoms with Gasteiger partial charge in [0.05, 0.1) is 11.5 Å². The molecule has 1 heterocycles. The second-order valence-electron chi connectivity index (χ2n) is 11.7. The summed E-state index contributed by atoms with van der Waals surface area (Å²) in [4.78, 5) is 30.7. The molecule has 5 saturated carbocycles. The molecule has 1 aromatic heterocycles. The van der Waals surface area contributed by atoms with Crippen LogP contribution in [0.25, 0.3) is 0 Å².